The largest absolute Gasteiger partial charge is 2.00 e. The molecule has 4 aliphatic rings. The van der Waals surface area contributed by atoms with Crippen molar-refractivity contribution in [3.05, 3.63) is 325 Å². The average Bonchev–Trinajstić information content (AvgIpc) is 1.61. The summed E-state index contributed by atoms with van der Waals surface area (Å²) in [5.41, 5.74) is 22.2. The molecule has 8 aromatic carbocycles. The van der Waals surface area contributed by atoms with E-state index in [1.807, 2.05) is 267 Å². The Morgan fingerprint density at radius 1 is 0.229 bits per heavy atom. The standard InChI is InChI=1S/2C44H30N4O3S.Mn/c2*49-52(50,51)44-38-26-25-36(47-38)41(30-17-9-3-10-18-30)34-22-21-33(45-34)40(29-15-7-2-8-16-29)35-23-24-37(46-35)42(31-19-11-4-12-20-31)43-32(27-39(44)48-43)28-13-5-1-6-14-28;/h2*1-27,45,48H,(H,49,50,51);/q;;+2/p-2. The van der Waals surface area contributed by atoms with Crippen LogP contribution in [0.25, 0.3) is 182 Å². The van der Waals surface area contributed by atoms with Gasteiger partial charge in [-0.05, 0) is 130 Å². The van der Waals surface area contributed by atoms with Crippen LogP contribution in [0.15, 0.2) is 289 Å². The summed E-state index contributed by atoms with van der Waals surface area (Å²) in [6.07, 6.45) is 14.7. The molecule has 14 aromatic rings. The molecule has 0 amide bonds. The van der Waals surface area contributed by atoms with Crippen LogP contribution in [0.4, 0.5) is 0 Å². The van der Waals surface area contributed by atoms with Gasteiger partial charge in [0.25, 0.3) is 0 Å². The maximum absolute atomic E-state index is 13.3. The van der Waals surface area contributed by atoms with Gasteiger partial charge < -0.3 is 29.0 Å². The molecule has 17 heteroatoms. The van der Waals surface area contributed by atoms with Crippen LogP contribution in [0.2, 0.25) is 0 Å². The predicted molar refractivity (Wildman–Crippen MR) is 417 cm³/mol. The fourth-order valence-corrected chi connectivity index (χ4v) is 15.7. The van der Waals surface area contributed by atoms with Crippen molar-refractivity contribution in [2.45, 2.75) is 9.79 Å². The van der Waals surface area contributed by atoms with Crippen molar-refractivity contribution in [2.24, 2.45) is 0 Å². The van der Waals surface area contributed by atoms with Crippen LogP contribution in [-0.2, 0) is 37.3 Å². The molecule has 18 rings (SSSR count). The zero-order chi connectivity index (χ0) is 70.5. The zero-order valence-electron chi connectivity index (χ0n) is 55.6. The Morgan fingerprint density at radius 3 is 0.667 bits per heavy atom. The smallest absolute Gasteiger partial charge is 0.744 e. The molecule has 4 N–H and O–H groups in total. The topological polar surface area (TPSA) is 229 Å². The van der Waals surface area contributed by atoms with Crippen molar-refractivity contribution in [3.8, 4) is 89.0 Å². The van der Waals surface area contributed by atoms with Crippen LogP contribution >= 0.6 is 0 Å². The summed E-state index contributed by atoms with van der Waals surface area (Å²) in [4.78, 5) is 33.5. The summed E-state index contributed by atoms with van der Waals surface area (Å²) in [6.45, 7) is 0. The van der Waals surface area contributed by atoms with Crippen LogP contribution in [0.3, 0.4) is 0 Å². The van der Waals surface area contributed by atoms with Crippen LogP contribution in [-0.4, -0.2) is 65.8 Å². The molecule has 4 aliphatic heterocycles. The number of H-pyrrole nitrogens is 4. The summed E-state index contributed by atoms with van der Waals surface area (Å²) < 4.78 is 79.6. The zero-order valence-corrected chi connectivity index (χ0v) is 58.4. The molecule has 0 spiro atoms. The molecule has 105 heavy (non-hydrogen) atoms. The molecule has 14 nitrogen and oxygen atoms in total. The first-order valence-corrected chi connectivity index (χ1v) is 36.4. The molecule has 0 unspecified atom stereocenters. The molecular weight excluding hydrogens is 1380 g/mol. The Bertz CT molecular complexity index is 6090. The van der Waals surface area contributed by atoms with Gasteiger partial charge in [0.2, 0.25) is 0 Å². The number of hydrogen-bond acceptors (Lipinski definition) is 10. The van der Waals surface area contributed by atoms with E-state index in [1.165, 1.54) is 0 Å². The van der Waals surface area contributed by atoms with Gasteiger partial charge in [-0.2, -0.15) is 0 Å². The summed E-state index contributed by atoms with van der Waals surface area (Å²) >= 11 is 0. The number of nitrogens with zero attached hydrogens (tertiary/aromatic N) is 4. The molecule has 6 aromatic heterocycles. The van der Waals surface area contributed by atoms with Gasteiger partial charge in [-0.1, -0.05) is 243 Å². The number of benzene rings is 8. The van der Waals surface area contributed by atoms with Gasteiger partial charge in [0.1, 0.15) is 30.0 Å². The van der Waals surface area contributed by atoms with Gasteiger partial charge in [0, 0.05) is 66.6 Å². The van der Waals surface area contributed by atoms with Crippen molar-refractivity contribution in [1.29, 1.82) is 0 Å². The normalized spacial score (nSPS) is 12.2. The minimum absolute atomic E-state index is 0. The van der Waals surface area contributed by atoms with Crippen LogP contribution < -0.4 is 0 Å². The van der Waals surface area contributed by atoms with Crippen molar-refractivity contribution >= 4 is 113 Å². The van der Waals surface area contributed by atoms with Crippen molar-refractivity contribution in [3.63, 3.8) is 0 Å². The summed E-state index contributed by atoms with van der Waals surface area (Å²) in [7, 11) is -10.1. The van der Waals surface area contributed by atoms with E-state index in [-0.39, 0.29) is 39.5 Å². The third-order valence-corrected chi connectivity index (χ3v) is 20.5. The number of fused-ring (bicyclic) bond motifs is 16. The summed E-state index contributed by atoms with van der Waals surface area (Å²) in [5, 5.41) is 0. The van der Waals surface area contributed by atoms with E-state index < -0.39 is 30.0 Å². The van der Waals surface area contributed by atoms with E-state index in [1.54, 1.807) is 36.4 Å². The van der Waals surface area contributed by atoms with E-state index >= 15 is 0 Å². The molecular formula is C88H58MnN8O6S2. The third kappa shape index (κ3) is 12.9. The molecule has 10 heterocycles. The second kappa shape index (κ2) is 27.9. The molecule has 0 aliphatic carbocycles. The van der Waals surface area contributed by atoms with Crippen LogP contribution in [0.1, 0.15) is 45.6 Å². The van der Waals surface area contributed by atoms with Gasteiger partial charge in [0.05, 0.1) is 67.6 Å². The van der Waals surface area contributed by atoms with Crippen LogP contribution in [0.5, 0.6) is 0 Å². The van der Waals surface area contributed by atoms with Gasteiger partial charge in [-0.15, -0.1) is 0 Å². The second-order valence-corrected chi connectivity index (χ2v) is 27.8. The Morgan fingerprint density at radius 2 is 0.429 bits per heavy atom. The quantitative estimate of drug-likeness (QED) is 0.0747. The molecule has 0 atom stereocenters. The molecule has 505 valence electrons. The van der Waals surface area contributed by atoms with E-state index in [4.69, 9.17) is 19.9 Å². The fourth-order valence-electron chi connectivity index (χ4n) is 14.2. The van der Waals surface area contributed by atoms with Gasteiger partial charge in [-0.25, -0.2) is 36.8 Å². The molecule has 0 saturated carbocycles. The summed E-state index contributed by atoms with van der Waals surface area (Å²) in [6, 6.07) is 90.5. The Hall–Kier alpha value is -12.7. The van der Waals surface area contributed by atoms with Crippen LogP contribution in [0, 0.1) is 0 Å². The Labute approximate surface area is 615 Å². The fraction of sp³-hybridized carbons (Fsp3) is 0. The predicted octanol–water partition coefficient (Wildman–Crippen LogP) is 20.5. The third-order valence-electron chi connectivity index (χ3n) is 18.7. The van der Waals surface area contributed by atoms with E-state index in [0.717, 1.165) is 111 Å². The molecule has 1 radical (unpaired) electrons. The first kappa shape index (κ1) is 66.8. The van der Waals surface area contributed by atoms with Crippen molar-refractivity contribution in [2.75, 3.05) is 0 Å². The second-order valence-electron chi connectivity index (χ2n) is 25.1. The number of aromatic amines is 4. The number of rotatable bonds is 10. The molecule has 0 saturated heterocycles. The van der Waals surface area contributed by atoms with Crippen molar-refractivity contribution < 1.29 is 43.0 Å². The van der Waals surface area contributed by atoms with Gasteiger partial charge in [0.15, 0.2) is 0 Å². The summed E-state index contributed by atoms with van der Waals surface area (Å²) in [5.74, 6) is 0. The van der Waals surface area contributed by atoms with Crippen molar-refractivity contribution in [1.82, 2.24) is 39.9 Å². The SMILES string of the molecule is O=S(=O)([O-])c1c2nc(c(-c3ccccc3)c3ccc([nH]3)c(-c3ccccc3)c3nc(c(-c4ccccc4)c4[nH]c1cc4-c1ccccc1)C=C3)C=C2.O=S(=O)([O-])c1c2nc(c(-c3ccccc3)c3ccc([nH]3)c(-c3ccccc3)c3nc(c(-c4ccccc4)c4[nH]c1cc4-c1ccccc1)C=C3)C=C2.[Mn+2]. The van der Waals surface area contributed by atoms with Gasteiger partial charge >= 0.3 is 17.1 Å². The number of hydrogen-bond donors (Lipinski definition) is 4. The minimum Gasteiger partial charge on any atom is -0.744 e. The number of aromatic nitrogens is 8. The first-order valence-electron chi connectivity index (χ1n) is 33.6. The maximum atomic E-state index is 13.3. The molecule has 0 fully saturated rings. The monoisotopic (exact) mass is 1440 g/mol. The maximum Gasteiger partial charge on any atom is 2.00 e. The molecule has 16 bridgehead atoms. The first-order chi connectivity index (χ1) is 50.8. The van der Waals surface area contributed by atoms with E-state index in [9.17, 15) is 25.9 Å². The van der Waals surface area contributed by atoms with E-state index in [2.05, 4.69) is 44.2 Å². The Balaban J connectivity index is 0.000000160. The van der Waals surface area contributed by atoms with E-state index in [0.29, 0.717) is 44.9 Å². The number of nitrogens with one attached hydrogen (secondary N) is 4. The Kier molecular flexibility index (Phi) is 17.8. The average molecular weight is 1440 g/mol. The van der Waals surface area contributed by atoms with Gasteiger partial charge in [-0.3, -0.25) is 0 Å². The minimum atomic E-state index is -5.04.